The van der Waals surface area contributed by atoms with Gasteiger partial charge in [0, 0.05) is 22.4 Å². The maximum atomic E-state index is 12.1. The van der Waals surface area contributed by atoms with Crippen LogP contribution in [-0.4, -0.2) is 20.0 Å². The SMILES string of the molecule is CC(C)CS(=O)(=O)NCc1ccc(C(=O)c2ccsc2)s1. The molecular weight excluding hydrogens is 326 g/mol. The van der Waals surface area contributed by atoms with E-state index in [1.807, 2.05) is 24.6 Å². The molecule has 0 aromatic carbocycles. The van der Waals surface area contributed by atoms with Gasteiger partial charge in [-0.2, -0.15) is 11.3 Å². The largest absolute Gasteiger partial charge is 0.288 e. The first-order valence-corrected chi connectivity index (χ1v) is 9.91. The minimum atomic E-state index is -3.26. The highest BCUT2D eigenvalue weighted by atomic mass is 32.2. The lowest BCUT2D eigenvalue weighted by Gasteiger charge is -2.07. The molecule has 0 aliphatic rings. The second-order valence-corrected chi connectivity index (χ2v) is 8.90. The van der Waals surface area contributed by atoms with Gasteiger partial charge in [-0.3, -0.25) is 4.79 Å². The Morgan fingerprint density at radius 2 is 2.05 bits per heavy atom. The number of carbonyl (C=O) groups is 1. The molecule has 0 amide bonds. The van der Waals surface area contributed by atoms with Crippen molar-refractivity contribution in [2.75, 3.05) is 5.75 Å². The van der Waals surface area contributed by atoms with Crippen molar-refractivity contribution in [2.24, 2.45) is 5.92 Å². The number of sulfonamides is 1. The Kier molecular flexibility index (Phi) is 5.32. The molecule has 0 atom stereocenters. The van der Waals surface area contributed by atoms with Crippen molar-refractivity contribution < 1.29 is 13.2 Å². The van der Waals surface area contributed by atoms with Gasteiger partial charge in [0.1, 0.15) is 0 Å². The van der Waals surface area contributed by atoms with Crippen molar-refractivity contribution in [2.45, 2.75) is 20.4 Å². The molecule has 0 spiro atoms. The fourth-order valence-electron chi connectivity index (χ4n) is 1.81. The molecule has 0 aliphatic heterocycles. The van der Waals surface area contributed by atoms with Crippen LogP contribution < -0.4 is 4.72 Å². The molecule has 114 valence electrons. The molecule has 0 saturated carbocycles. The van der Waals surface area contributed by atoms with E-state index in [0.717, 1.165) is 4.88 Å². The van der Waals surface area contributed by atoms with E-state index in [2.05, 4.69) is 4.72 Å². The molecule has 2 heterocycles. The predicted octanol–water partition coefficient (Wildman–Crippen LogP) is 3.12. The number of ketones is 1. The summed E-state index contributed by atoms with van der Waals surface area (Å²) in [7, 11) is -3.26. The van der Waals surface area contributed by atoms with Crippen LogP contribution in [0.3, 0.4) is 0 Å². The number of hydrogen-bond acceptors (Lipinski definition) is 5. The number of thiophene rings is 2. The molecule has 0 fully saturated rings. The van der Waals surface area contributed by atoms with Gasteiger partial charge in [0.15, 0.2) is 0 Å². The third-order valence-electron chi connectivity index (χ3n) is 2.69. The van der Waals surface area contributed by atoms with Gasteiger partial charge in [-0.1, -0.05) is 13.8 Å². The molecule has 21 heavy (non-hydrogen) atoms. The number of rotatable bonds is 7. The van der Waals surface area contributed by atoms with E-state index in [1.54, 1.807) is 18.2 Å². The summed E-state index contributed by atoms with van der Waals surface area (Å²) in [5, 5.41) is 3.68. The smallest absolute Gasteiger partial charge is 0.212 e. The summed E-state index contributed by atoms with van der Waals surface area (Å²) >= 11 is 2.81. The molecule has 0 aliphatic carbocycles. The molecular formula is C14H17NO3S3. The van der Waals surface area contributed by atoms with Crippen LogP contribution in [0.4, 0.5) is 0 Å². The highest BCUT2D eigenvalue weighted by molar-refractivity contribution is 7.89. The Labute approximate surface area is 132 Å². The average molecular weight is 343 g/mol. The molecule has 2 aromatic rings. The van der Waals surface area contributed by atoms with Crippen LogP contribution in [0.1, 0.15) is 34.0 Å². The minimum absolute atomic E-state index is 0.0162. The summed E-state index contributed by atoms with van der Waals surface area (Å²) in [5.74, 6) is 0.179. The van der Waals surface area contributed by atoms with Crippen LogP contribution in [0.5, 0.6) is 0 Å². The first-order chi connectivity index (χ1) is 9.87. The Balaban J connectivity index is 1.99. The van der Waals surface area contributed by atoms with Gasteiger partial charge >= 0.3 is 0 Å². The van der Waals surface area contributed by atoms with Gasteiger partial charge in [-0.15, -0.1) is 11.3 Å². The molecule has 0 unspecified atom stereocenters. The molecule has 0 bridgehead atoms. The standard InChI is InChI=1S/C14H17NO3S3/c1-10(2)9-21(17,18)15-7-12-3-4-13(20-12)14(16)11-5-6-19-8-11/h3-6,8,10,15H,7,9H2,1-2H3. The van der Waals surface area contributed by atoms with Crippen molar-refractivity contribution in [1.29, 1.82) is 0 Å². The zero-order valence-electron chi connectivity index (χ0n) is 11.8. The summed E-state index contributed by atoms with van der Waals surface area (Å²) in [4.78, 5) is 13.6. The van der Waals surface area contributed by atoms with Crippen molar-refractivity contribution in [3.63, 3.8) is 0 Å². The van der Waals surface area contributed by atoms with E-state index < -0.39 is 10.0 Å². The highest BCUT2D eigenvalue weighted by Gasteiger charge is 2.15. The second kappa shape index (κ2) is 6.83. The maximum absolute atomic E-state index is 12.1. The van der Waals surface area contributed by atoms with E-state index in [1.165, 1.54) is 22.7 Å². The van der Waals surface area contributed by atoms with E-state index in [0.29, 0.717) is 10.4 Å². The normalized spacial score (nSPS) is 12.0. The molecule has 0 radical (unpaired) electrons. The summed E-state index contributed by atoms with van der Waals surface area (Å²) in [6.45, 7) is 3.96. The zero-order valence-corrected chi connectivity index (χ0v) is 14.3. The second-order valence-electron chi connectivity index (χ2n) is 5.10. The highest BCUT2D eigenvalue weighted by Crippen LogP contribution is 2.21. The average Bonchev–Trinajstić information content (AvgIpc) is 3.06. The van der Waals surface area contributed by atoms with Gasteiger partial charge in [-0.05, 0) is 29.5 Å². The molecule has 7 heteroatoms. The van der Waals surface area contributed by atoms with Gasteiger partial charge < -0.3 is 0 Å². The van der Waals surface area contributed by atoms with Gasteiger partial charge in [0.05, 0.1) is 10.6 Å². The molecule has 2 aromatic heterocycles. The summed E-state index contributed by atoms with van der Waals surface area (Å²) in [6.07, 6.45) is 0. The van der Waals surface area contributed by atoms with Crippen LogP contribution in [0.25, 0.3) is 0 Å². The lowest BCUT2D eigenvalue weighted by Crippen LogP contribution is -2.27. The quantitative estimate of drug-likeness (QED) is 0.786. The Morgan fingerprint density at radius 1 is 1.29 bits per heavy atom. The summed E-state index contributed by atoms with van der Waals surface area (Å²) in [5.41, 5.74) is 0.675. The van der Waals surface area contributed by atoms with E-state index >= 15 is 0 Å². The van der Waals surface area contributed by atoms with E-state index in [9.17, 15) is 13.2 Å². The van der Waals surface area contributed by atoms with Gasteiger partial charge in [-0.25, -0.2) is 13.1 Å². The summed E-state index contributed by atoms with van der Waals surface area (Å²) in [6, 6.07) is 5.33. The zero-order chi connectivity index (χ0) is 15.5. The van der Waals surface area contributed by atoms with Crippen LogP contribution >= 0.6 is 22.7 Å². The lowest BCUT2D eigenvalue weighted by atomic mass is 10.2. The Morgan fingerprint density at radius 3 is 2.67 bits per heavy atom. The monoisotopic (exact) mass is 343 g/mol. The Hall–Kier alpha value is -1.02. The van der Waals surface area contributed by atoms with Crippen LogP contribution in [-0.2, 0) is 16.6 Å². The fourth-order valence-corrected chi connectivity index (χ4v) is 4.82. The summed E-state index contributed by atoms with van der Waals surface area (Å²) < 4.78 is 26.1. The minimum Gasteiger partial charge on any atom is -0.288 e. The molecule has 4 nitrogen and oxygen atoms in total. The van der Waals surface area contributed by atoms with Gasteiger partial charge in [0.2, 0.25) is 15.8 Å². The third kappa shape index (κ3) is 4.74. The topological polar surface area (TPSA) is 63.2 Å². The van der Waals surface area contributed by atoms with Crippen molar-refractivity contribution in [3.05, 3.63) is 44.3 Å². The first kappa shape index (κ1) is 16.4. The molecule has 2 rings (SSSR count). The Bertz CT molecular complexity index is 700. The molecule has 1 N–H and O–H groups in total. The fraction of sp³-hybridized carbons (Fsp3) is 0.357. The van der Waals surface area contributed by atoms with Crippen molar-refractivity contribution >= 4 is 38.5 Å². The molecule has 0 saturated heterocycles. The van der Waals surface area contributed by atoms with Crippen LogP contribution in [0, 0.1) is 5.92 Å². The predicted molar refractivity (Wildman–Crippen MR) is 87.5 cm³/mol. The lowest BCUT2D eigenvalue weighted by molar-refractivity contribution is 0.104. The van der Waals surface area contributed by atoms with Crippen molar-refractivity contribution in [3.8, 4) is 0 Å². The van der Waals surface area contributed by atoms with E-state index in [-0.39, 0.29) is 24.0 Å². The number of carbonyl (C=O) groups excluding carboxylic acids is 1. The van der Waals surface area contributed by atoms with E-state index in [4.69, 9.17) is 0 Å². The van der Waals surface area contributed by atoms with Crippen molar-refractivity contribution in [1.82, 2.24) is 4.72 Å². The van der Waals surface area contributed by atoms with Crippen LogP contribution in [0.15, 0.2) is 29.0 Å². The van der Waals surface area contributed by atoms with Crippen LogP contribution in [0.2, 0.25) is 0 Å². The maximum Gasteiger partial charge on any atom is 0.212 e. The number of nitrogens with one attached hydrogen (secondary N) is 1. The third-order valence-corrected chi connectivity index (χ3v) is 6.14. The number of hydrogen-bond donors (Lipinski definition) is 1. The first-order valence-electron chi connectivity index (χ1n) is 6.50. The van der Waals surface area contributed by atoms with Gasteiger partial charge in [0.25, 0.3) is 0 Å².